The van der Waals surface area contributed by atoms with E-state index in [1.165, 1.54) is 18.4 Å². The van der Waals surface area contributed by atoms with Gasteiger partial charge in [0, 0.05) is 18.7 Å². The zero-order chi connectivity index (χ0) is 14.3. The van der Waals surface area contributed by atoms with Crippen LogP contribution in [-0.4, -0.2) is 25.0 Å². The van der Waals surface area contributed by atoms with Crippen molar-refractivity contribution in [2.75, 3.05) is 20.1 Å². The van der Waals surface area contributed by atoms with Gasteiger partial charge < -0.3 is 9.73 Å². The van der Waals surface area contributed by atoms with Crippen LogP contribution in [0.1, 0.15) is 50.7 Å². The van der Waals surface area contributed by atoms with E-state index in [9.17, 15) is 0 Å². The molecule has 0 aliphatic heterocycles. The number of nitrogens with zero attached hydrogens (tertiary/aromatic N) is 1. The highest BCUT2D eigenvalue weighted by atomic mass is 16.3. The summed E-state index contributed by atoms with van der Waals surface area (Å²) in [4.78, 5) is 2.34. The Kier molecular flexibility index (Phi) is 7.17. The highest BCUT2D eigenvalue weighted by molar-refractivity contribution is 5.20. The van der Waals surface area contributed by atoms with Gasteiger partial charge in [-0.15, -0.1) is 0 Å². The van der Waals surface area contributed by atoms with Crippen LogP contribution in [0, 0.1) is 12.8 Å². The Bertz CT molecular complexity index is 360. The SMILES string of the molecule is CCCNCc1cc(CN(C)CC(C)CC)oc1C. The van der Waals surface area contributed by atoms with Crippen LogP contribution < -0.4 is 5.32 Å². The highest BCUT2D eigenvalue weighted by Gasteiger charge is 2.10. The summed E-state index contributed by atoms with van der Waals surface area (Å²) in [6, 6.07) is 2.20. The zero-order valence-corrected chi connectivity index (χ0v) is 13.3. The van der Waals surface area contributed by atoms with Crippen LogP contribution in [0.4, 0.5) is 0 Å². The lowest BCUT2D eigenvalue weighted by Crippen LogP contribution is -2.23. The number of furan rings is 1. The van der Waals surface area contributed by atoms with Crippen LogP contribution in [0.3, 0.4) is 0 Å². The standard InChI is InChI=1S/C16H30N2O/c1-6-8-17-10-15-9-16(19-14(15)4)12-18(5)11-13(3)7-2/h9,13,17H,6-8,10-12H2,1-5H3. The molecule has 0 radical (unpaired) electrons. The molecule has 1 atom stereocenters. The minimum Gasteiger partial charge on any atom is -0.465 e. The maximum Gasteiger partial charge on any atom is 0.118 e. The van der Waals surface area contributed by atoms with E-state index < -0.39 is 0 Å². The van der Waals surface area contributed by atoms with Crippen molar-refractivity contribution in [1.82, 2.24) is 10.2 Å². The summed E-state index contributed by atoms with van der Waals surface area (Å²) in [6.07, 6.45) is 2.40. The fourth-order valence-electron chi connectivity index (χ4n) is 2.23. The summed E-state index contributed by atoms with van der Waals surface area (Å²) >= 11 is 0. The summed E-state index contributed by atoms with van der Waals surface area (Å²) in [6.45, 7) is 12.8. The van der Waals surface area contributed by atoms with E-state index in [2.05, 4.69) is 51.0 Å². The van der Waals surface area contributed by atoms with Gasteiger partial charge in [0.1, 0.15) is 11.5 Å². The molecule has 1 heterocycles. The van der Waals surface area contributed by atoms with Gasteiger partial charge in [0.05, 0.1) is 6.54 Å². The molecule has 0 fully saturated rings. The zero-order valence-electron chi connectivity index (χ0n) is 13.3. The van der Waals surface area contributed by atoms with Crippen LogP contribution in [0.2, 0.25) is 0 Å². The molecular weight excluding hydrogens is 236 g/mol. The predicted octanol–water partition coefficient (Wildman–Crippen LogP) is 3.57. The molecule has 19 heavy (non-hydrogen) atoms. The van der Waals surface area contributed by atoms with Crippen molar-refractivity contribution in [1.29, 1.82) is 0 Å². The quantitative estimate of drug-likeness (QED) is 0.693. The topological polar surface area (TPSA) is 28.4 Å². The second-order valence-corrected chi connectivity index (χ2v) is 5.68. The molecular formula is C16H30N2O. The number of rotatable bonds is 9. The molecule has 1 aromatic rings. The van der Waals surface area contributed by atoms with Crippen molar-refractivity contribution in [3.63, 3.8) is 0 Å². The molecule has 0 aliphatic rings. The average molecular weight is 266 g/mol. The molecule has 0 saturated heterocycles. The lowest BCUT2D eigenvalue weighted by Gasteiger charge is -2.18. The predicted molar refractivity (Wildman–Crippen MR) is 81.2 cm³/mol. The molecule has 110 valence electrons. The van der Waals surface area contributed by atoms with E-state index in [-0.39, 0.29) is 0 Å². The number of hydrogen-bond acceptors (Lipinski definition) is 3. The first-order valence-electron chi connectivity index (χ1n) is 7.54. The Morgan fingerprint density at radius 1 is 1.37 bits per heavy atom. The maximum absolute atomic E-state index is 5.85. The second kappa shape index (κ2) is 8.39. The summed E-state index contributed by atoms with van der Waals surface area (Å²) in [5.74, 6) is 2.87. The summed E-state index contributed by atoms with van der Waals surface area (Å²) in [7, 11) is 2.17. The maximum atomic E-state index is 5.85. The Hall–Kier alpha value is -0.800. The third-order valence-electron chi connectivity index (χ3n) is 3.56. The van der Waals surface area contributed by atoms with Crippen molar-refractivity contribution in [2.45, 2.75) is 53.6 Å². The molecule has 0 aromatic carbocycles. The van der Waals surface area contributed by atoms with Crippen LogP contribution in [-0.2, 0) is 13.1 Å². The molecule has 1 aromatic heterocycles. The van der Waals surface area contributed by atoms with Gasteiger partial charge in [0.25, 0.3) is 0 Å². The molecule has 3 nitrogen and oxygen atoms in total. The van der Waals surface area contributed by atoms with Crippen LogP contribution in [0.15, 0.2) is 10.5 Å². The molecule has 1 unspecified atom stereocenters. The Morgan fingerprint density at radius 2 is 2.11 bits per heavy atom. The van der Waals surface area contributed by atoms with Gasteiger partial charge in [0.2, 0.25) is 0 Å². The van der Waals surface area contributed by atoms with E-state index in [1.54, 1.807) is 0 Å². The molecule has 1 N–H and O–H groups in total. The normalized spacial score (nSPS) is 13.2. The molecule has 0 bridgehead atoms. The minimum atomic E-state index is 0.742. The second-order valence-electron chi connectivity index (χ2n) is 5.68. The van der Waals surface area contributed by atoms with E-state index >= 15 is 0 Å². The first-order valence-corrected chi connectivity index (χ1v) is 7.54. The Balaban J connectivity index is 2.48. The Labute approximate surface area is 118 Å². The number of aryl methyl sites for hydroxylation is 1. The van der Waals surface area contributed by atoms with Crippen molar-refractivity contribution in [3.05, 3.63) is 23.2 Å². The smallest absolute Gasteiger partial charge is 0.118 e. The molecule has 0 amide bonds. The van der Waals surface area contributed by atoms with Crippen LogP contribution in [0.5, 0.6) is 0 Å². The first-order chi connectivity index (χ1) is 9.06. The summed E-state index contributed by atoms with van der Waals surface area (Å²) < 4.78 is 5.85. The van der Waals surface area contributed by atoms with Gasteiger partial charge >= 0.3 is 0 Å². The fraction of sp³-hybridized carbons (Fsp3) is 0.750. The van der Waals surface area contributed by atoms with Gasteiger partial charge in [-0.2, -0.15) is 0 Å². The lowest BCUT2D eigenvalue weighted by atomic mass is 10.1. The van der Waals surface area contributed by atoms with Crippen LogP contribution >= 0.6 is 0 Å². The van der Waals surface area contributed by atoms with Gasteiger partial charge in [-0.25, -0.2) is 0 Å². The molecule has 0 saturated carbocycles. The minimum absolute atomic E-state index is 0.742. The number of hydrogen-bond donors (Lipinski definition) is 1. The third-order valence-corrected chi connectivity index (χ3v) is 3.56. The molecule has 0 spiro atoms. The average Bonchev–Trinajstić information content (AvgIpc) is 2.69. The number of nitrogens with one attached hydrogen (secondary N) is 1. The molecule has 3 heteroatoms. The Morgan fingerprint density at radius 3 is 2.74 bits per heavy atom. The fourth-order valence-corrected chi connectivity index (χ4v) is 2.23. The van der Waals surface area contributed by atoms with Crippen LogP contribution in [0.25, 0.3) is 0 Å². The van der Waals surface area contributed by atoms with Crippen molar-refractivity contribution >= 4 is 0 Å². The highest BCUT2D eigenvalue weighted by Crippen LogP contribution is 2.16. The van der Waals surface area contributed by atoms with Crippen molar-refractivity contribution in [2.24, 2.45) is 5.92 Å². The molecule has 0 aliphatic carbocycles. The van der Waals surface area contributed by atoms with Gasteiger partial charge in [0.15, 0.2) is 0 Å². The van der Waals surface area contributed by atoms with E-state index in [4.69, 9.17) is 4.42 Å². The van der Waals surface area contributed by atoms with Gasteiger partial charge in [-0.05, 0) is 38.9 Å². The first kappa shape index (κ1) is 16.3. The van der Waals surface area contributed by atoms with E-state index in [0.29, 0.717) is 0 Å². The summed E-state index contributed by atoms with van der Waals surface area (Å²) in [5.41, 5.74) is 1.29. The third kappa shape index (κ3) is 5.79. The van der Waals surface area contributed by atoms with E-state index in [1.807, 2.05) is 0 Å². The lowest BCUT2D eigenvalue weighted by molar-refractivity contribution is 0.253. The van der Waals surface area contributed by atoms with Crippen molar-refractivity contribution < 1.29 is 4.42 Å². The van der Waals surface area contributed by atoms with Crippen molar-refractivity contribution in [3.8, 4) is 0 Å². The monoisotopic (exact) mass is 266 g/mol. The molecule has 1 rings (SSSR count). The van der Waals surface area contributed by atoms with E-state index in [0.717, 1.165) is 43.6 Å². The largest absolute Gasteiger partial charge is 0.465 e. The van der Waals surface area contributed by atoms with Gasteiger partial charge in [-0.3, -0.25) is 4.90 Å². The summed E-state index contributed by atoms with van der Waals surface area (Å²) in [5, 5.41) is 3.43. The van der Waals surface area contributed by atoms with Gasteiger partial charge in [-0.1, -0.05) is 27.2 Å².